The molecule has 5 rings (SSSR count). The van der Waals surface area contributed by atoms with Gasteiger partial charge in [-0.05, 0) is 37.6 Å². The van der Waals surface area contributed by atoms with Crippen molar-refractivity contribution >= 4 is 28.7 Å². The Morgan fingerprint density at radius 1 is 1.21 bits per heavy atom. The van der Waals surface area contributed by atoms with Crippen LogP contribution in [0.25, 0.3) is 11.3 Å². The lowest BCUT2D eigenvalue weighted by atomic mass is 10.2. The second kappa shape index (κ2) is 9.36. The fourth-order valence-electron chi connectivity index (χ4n) is 3.79. The molecule has 4 aromatic rings. The number of nitrogens with one attached hydrogen (secondary N) is 3. The van der Waals surface area contributed by atoms with Crippen molar-refractivity contribution in [3.8, 4) is 11.8 Å². The van der Waals surface area contributed by atoms with Gasteiger partial charge in [-0.15, -0.1) is 10.2 Å². The fraction of sp³-hybridized carbons (Fsp3) is 0.348. The van der Waals surface area contributed by atoms with E-state index in [0.29, 0.717) is 23.1 Å². The van der Waals surface area contributed by atoms with E-state index in [1.807, 2.05) is 22.8 Å². The van der Waals surface area contributed by atoms with Gasteiger partial charge in [0.05, 0.1) is 17.6 Å². The zero-order valence-electron chi connectivity index (χ0n) is 19.2. The maximum absolute atomic E-state index is 9.48. The van der Waals surface area contributed by atoms with Gasteiger partial charge in [0.25, 0.3) is 0 Å². The smallest absolute Gasteiger partial charge is 0.177 e. The third-order valence-electron chi connectivity index (χ3n) is 5.75. The summed E-state index contributed by atoms with van der Waals surface area (Å²) < 4.78 is 3.58. The number of aromatic nitrogens is 6. The molecule has 174 valence electrons. The van der Waals surface area contributed by atoms with Gasteiger partial charge in [0.1, 0.15) is 35.9 Å². The molecule has 1 saturated carbocycles. The molecule has 0 atom stereocenters. The molecule has 0 unspecified atom stereocenters. The van der Waals surface area contributed by atoms with E-state index in [2.05, 4.69) is 67.2 Å². The van der Waals surface area contributed by atoms with Crippen LogP contribution in [0.2, 0.25) is 0 Å². The highest BCUT2D eigenvalue weighted by molar-refractivity contribution is 5.73. The molecule has 34 heavy (non-hydrogen) atoms. The van der Waals surface area contributed by atoms with Gasteiger partial charge in [-0.2, -0.15) is 14.9 Å². The first-order valence-corrected chi connectivity index (χ1v) is 11.4. The van der Waals surface area contributed by atoms with Gasteiger partial charge >= 0.3 is 0 Å². The maximum Gasteiger partial charge on any atom is 0.177 e. The summed E-state index contributed by atoms with van der Waals surface area (Å²) in [5.41, 5.74) is 3.83. The fourth-order valence-corrected chi connectivity index (χ4v) is 3.79. The molecule has 0 amide bonds. The Morgan fingerprint density at radius 3 is 2.76 bits per heavy atom. The van der Waals surface area contributed by atoms with Crippen molar-refractivity contribution in [2.75, 3.05) is 42.2 Å². The summed E-state index contributed by atoms with van der Waals surface area (Å²) in [5.74, 6) is 1.45. The van der Waals surface area contributed by atoms with Crippen LogP contribution in [0.4, 0.5) is 23.0 Å². The van der Waals surface area contributed by atoms with Crippen LogP contribution in [0.5, 0.6) is 0 Å². The number of anilines is 4. The minimum Gasteiger partial charge on any atom is -0.372 e. The van der Waals surface area contributed by atoms with E-state index in [4.69, 9.17) is 0 Å². The molecule has 0 aliphatic heterocycles. The van der Waals surface area contributed by atoms with Crippen LogP contribution in [-0.2, 0) is 0 Å². The topological polar surface area (TPSA) is 124 Å². The minimum absolute atomic E-state index is 0.435. The van der Waals surface area contributed by atoms with Gasteiger partial charge in [0.2, 0.25) is 0 Å². The SMILES string of the molecule is CCNCCN(C)c1ccc(Nc2cc(NC3CC3)n3ncc(C#N)c3n2)cc1-n1cnnc1. The van der Waals surface area contributed by atoms with Crippen LogP contribution in [0.1, 0.15) is 25.3 Å². The molecular weight excluding hydrogens is 430 g/mol. The van der Waals surface area contributed by atoms with Gasteiger partial charge in [-0.3, -0.25) is 4.57 Å². The quantitative estimate of drug-likeness (QED) is 0.308. The van der Waals surface area contributed by atoms with Crippen molar-refractivity contribution in [3.05, 3.63) is 48.7 Å². The summed E-state index contributed by atoms with van der Waals surface area (Å²) in [4.78, 5) is 6.87. The van der Waals surface area contributed by atoms with E-state index in [1.165, 1.54) is 0 Å². The monoisotopic (exact) mass is 457 g/mol. The second-order valence-electron chi connectivity index (χ2n) is 8.32. The highest BCUT2D eigenvalue weighted by atomic mass is 15.3. The van der Waals surface area contributed by atoms with Crippen molar-refractivity contribution in [1.82, 2.24) is 34.7 Å². The van der Waals surface area contributed by atoms with Crippen molar-refractivity contribution in [2.24, 2.45) is 0 Å². The highest BCUT2D eigenvalue weighted by Gasteiger charge is 2.23. The minimum atomic E-state index is 0.435. The molecule has 1 aromatic carbocycles. The predicted octanol–water partition coefficient (Wildman–Crippen LogP) is 2.55. The van der Waals surface area contributed by atoms with Crippen molar-refractivity contribution in [2.45, 2.75) is 25.8 Å². The Morgan fingerprint density at radius 2 is 2.03 bits per heavy atom. The summed E-state index contributed by atoms with van der Waals surface area (Å²) in [6.07, 6.45) is 7.18. The molecule has 11 heteroatoms. The van der Waals surface area contributed by atoms with Crippen LogP contribution in [-0.4, -0.2) is 62.1 Å². The molecule has 1 fully saturated rings. The van der Waals surface area contributed by atoms with E-state index in [0.717, 1.165) is 55.4 Å². The number of hydrogen-bond donors (Lipinski definition) is 3. The van der Waals surface area contributed by atoms with Gasteiger partial charge in [-0.1, -0.05) is 6.92 Å². The van der Waals surface area contributed by atoms with Gasteiger partial charge in [-0.25, -0.2) is 4.98 Å². The maximum atomic E-state index is 9.48. The Labute approximate surface area is 197 Å². The summed E-state index contributed by atoms with van der Waals surface area (Å²) in [6.45, 7) is 4.79. The van der Waals surface area contributed by atoms with Crippen LogP contribution < -0.4 is 20.9 Å². The van der Waals surface area contributed by atoms with Crippen LogP contribution >= 0.6 is 0 Å². The average molecular weight is 458 g/mol. The molecular formula is C23H27N11. The standard InChI is InChI=1S/C23H27N11/c1-3-25-8-9-32(2)19-7-6-18(10-20(19)33-14-26-27-15-33)29-21-11-22(30-17-4-5-17)34-23(31-21)16(12-24)13-28-34/h6-7,10-11,13-15,17,25,30H,3-5,8-9H2,1-2H3,(H,29,31). The molecule has 1 aliphatic rings. The van der Waals surface area contributed by atoms with E-state index in [9.17, 15) is 5.26 Å². The Hall–Kier alpha value is -4.17. The number of likely N-dealkylation sites (N-methyl/N-ethyl adjacent to an activating group) is 2. The van der Waals surface area contributed by atoms with Crippen LogP contribution in [0.15, 0.2) is 43.1 Å². The predicted molar refractivity (Wildman–Crippen MR) is 131 cm³/mol. The first kappa shape index (κ1) is 21.7. The molecule has 0 saturated heterocycles. The lowest BCUT2D eigenvalue weighted by Gasteiger charge is -2.23. The Balaban J connectivity index is 1.48. The first-order valence-electron chi connectivity index (χ1n) is 11.4. The van der Waals surface area contributed by atoms with Gasteiger partial charge in [0, 0.05) is 37.9 Å². The summed E-state index contributed by atoms with van der Waals surface area (Å²) in [6, 6.07) is 10.7. The van der Waals surface area contributed by atoms with Gasteiger partial charge < -0.3 is 20.9 Å². The Kier molecular flexibility index (Phi) is 5.97. The third-order valence-corrected chi connectivity index (χ3v) is 5.75. The first-order chi connectivity index (χ1) is 16.7. The van der Waals surface area contributed by atoms with Crippen molar-refractivity contribution < 1.29 is 0 Å². The van der Waals surface area contributed by atoms with Crippen LogP contribution in [0.3, 0.4) is 0 Å². The molecule has 3 heterocycles. The molecule has 0 spiro atoms. The number of fused-ring (bicyclic) bond motifs is 1. The molecule has 0 radical (unpaired) electrons. The molecule has 3 aromatic heterocycles. The number of hydrogen-bond acceptors (Lipinski definition) is 9. The average Bonchev–Trinajstić information content (AvgIpc) is 3.32. The highest BCUT2D eigenvalue weighted by Crippen LogP contribution is 2.30. The van der Waals surface area contributed by atoms with Crippen LogP contribution in [0, 0.1) is 11.3 Å². The number of benzene rings is 1. The zero-order valence-corrected chi connectivity index (χ0v) is 19.2. The molecule has 1 aliphatic carbocycles. The summed E-state index contributed by atoms with van der Waals surface area (Å²) in [5, 5.41) is 32.0. The second-order valence-corrected chi connectivity index (χ2v) is 8.32. The summed E-state index contributed by atoms with van der Waals surface area (Å²) in [7, 11) is 2.07. The van der Waals surface area contributed by atoms with Crippen molar-refractivity contribution in [3.63, 3.8) is 0 Å². The van der Waals surface area contributed by atoms with Crippen molar-refractivity contribution in [1.29, 1.82) is 5.26 Å². The van der Waals surface area contributed by atoms with Gasteiger partial charge in [0.15, 0.2) is 5.65 Å². The third kappa shape index (κ3) is 4.49. The number of nitrogens with zero attached hydrogens (tertiary/aromatic N) is 8. The van der Waals surface area contributed by atoms with E-state index < -0.39 is 0 Å². The zero-order chi connectivity index (χ0) is 23.5. The molecule has 11 nitrogen and oxygen atoms in total. The Bertz CT molecular complexity index is 1310. The largest absolute Gasteiger partial charge is 0.372 e. The number of nitriles is 1. The normalized spacial score (nSPS) is 13.1. The number of rotatable bonds is 10. The lowest BCUT2D eigenvalue weighted by molar-refractivity contribution is 0.705. The van der Waals surface area contributed by atoms with E-state index in [1.54, 1.807) is 23.4 Å². The summed E-state index contributed by atoms with van der Waals surface area (Å²) >= 11 is 0. The van der Waals surface area contributed by atoms with E-state index in [-0.39, 0.29) is 0 Å². The molecule has 3 N–H and O–H groups in total. The lowest BCUT2D eigenvalue weighted by Crippen LogP contribution is -2.29. The molecule has 0 bridgehead atoms. The van der Waals surface area contributed by atoms with E-state index >= 15 is 0 Å².